The van der Waals surface area contributed by atoms with Gasteiger partial charge in [0.1, 0.15) is 0 Å². The van der Waals surface area contributed by atoms with Crippen molar-refractivity contribution in [3.8, 4) is 0 Å². The fraction of sp³-hybridized carbons (Fsp3) is 0.688. The maximum Gasteiger partial charge on any atom is 0.0576 e. The molecule has 3 heteroatoms. The number of rotatable bonds is 2. The molecule has 0 N–H and O–H groups in total. The number of ether oxygens (including phenoxy) is 1. The van der Waals surface area contributed by atoms with E-state index in [1.165, 1.54) is 0 Å². The molecule has 0 aliphatic carbocycles. The molecule has 2 nitrogen and oxygen atoms in total. The second kappa shape index (κ2) is 17.6. The Balaban J connectivity index is -0.000000313. The molecular weight excluding hydrogens is 302 g/mol. The maximum atomic E-state index is 4.35. The monoisotopic (exact) mass is 333 g/mol. The molecule has 0 saturated heterocycles. The third-order valence-corrected chi connectivity index (χ3v) is 2.89. The van der Waals surface area contributed by atoms with Crippen LogP contribution in [0.25, 0.3) is 0 Å². The molecule has 1 aromatic heterocycles. The Kier molecular flexibility index (Phi) is 21.9. The van der Waals surface area contributed by atoms with Gasteiger partial charge in [-0.2, -0.15) is 0 Å². The molecule has 0 aliphatic heterocycles. The van der Waals surface area contributed by atoms with Crippen LogP contribution < -0.4 is 0 Å². The van der Waals surface area contributed by atoms with E-state index in [9.17, 15) is 0 Å². The molecule has 1 rings (SSSR count). The van der Waals surface area contributed by atoms with Crippen LogP contribution in [0.1, 0.15) is 60.1 Å². The summed E-state index contributed by atoms with van der Waals surface area (Å²) in [5.41, 5.74) is 1.16. The summed E-state index contributed by atoms with van der Waals surface area (Å²) < 4.78 is 5.37. The first kappa shape index (κ1) is 23.7. The molecule has 0 bridgehead atoms. The largest absolute Gasteiger partial charge is 0.388 e. The predicted molar refractivity (Wildman–Crippen MR) is 90.8 cm³/mol. The first-order valence-electron chi connectivity index (χ1n) is 7.05. The van der Waals surface area contributed by atoms with Crippen molar-refractivity contribution < 1.29 is 4.74 Å². The predicted octanol–water partition coefficient (Wildman–Crippen LogP) is 5.92. The SMILES string of the molecule is CC.CC.CC(C)C(C)c1ncccc1Br.COC. The Morgan fingerprint density at radius 1 is 1.05 bits per heavy atom. The molecule has 0 amide bonds. The quantitative estimate of drug-likeness (QED) is 0.670. The number of aromatic nitrogens is 1. The third-order valence-electron chi connectivity index (χ3n) is 2.22. The van der Waals surface area contributed by atoms with E-state index in [4.69, 9.17) is 0 Å². The first-order valence-corrected chi connectivity index (χ1v) is 7.84. The van der Waals surface area contributed by atoms with Gasteiger partial charge in [0.25, 0.3) is 0 Å². The van der Waals surface area contributed by atoms with Crippen LogP contribution in [0.2, 0.25) is 0 Å². The van der Waals surface area contributed by atoms with Crippen LogP contribution in [0.4, 0.5) is 0 Å². The van der Waals surface area contributed by atoms with E-state index in [1.54, 1.807) is 14.2 Å². The van der Waals surface area contributed by atoms with Crippen LogP contribution in [0, 0.1) is 5.92 Å². The highest BCUT2D eigenvalue weighted by atomic mass is 79.9. The van der Waals surface area contributed by atoms with Crippen molar-refractivity contribution in [2.24, 2.45) is 5.92 Å². The zero-order chi connectivity index (χ0) is 15.8. The summed E-state index contributed by atoms with van der Waals surface area (Å²) in [6.07, 6.45) is 1.85. The van der Waals surface area contributed by atoms with E-state index in [2.05, 4.69) is 46.4 Å². The average Bonchev–Trinajstić information content (AvgIpc) is 2.44. The van der Waals surface area contributed by atoms with E-state index in [-0.39, 0.29) is 0 Å². The fourth-order valence-electron chi connectivity index (χ4n) is 1.05. The van der Waals surface area contributed by atoms with Crippen LogP contribution in [0.15, 0.2) is 22.8 Å². The van der Waals surface area contributed by atoms with E-state index < -0.39 is 0 Å². The molecule has 0 saturated carbocycles. The zero-order valence-electron chi connectivity index (χ0n) is 14.1. The summed E-state index contributed by atoms with van der Waals surface area (Å²) in [5.74, 6) is 1.15. The van der Waals surface area contributed by atoms with Crippen molar-refractivity contribution in [3.05, 3.63) is 28.5 Å². The molecule has 1 aromatic rings. The molecule has 0 aliphatic rings. The van der Waals surface area contributed by atoms with Gasteiger partial charge in [-0.1, -0.05) is 48.5 Å². The zero-order valence-corrected chi connectivity index (χ0v) is 15.7. The van der Waals surface area contributed by atoms with Gasteiger partial charge in [-0.15, -0.1) is 0 Å². The normalized spacial score (nSPS) is 10.1. The lowest BCUT2D eigenvalue weighted by molar-refractivity contribution is 0.277. The fourth-order valence-corrected chi connectivity index (χ4v) is 1.66. The molecule has 114 valence electrons. The summed E-state index contributed by atoms with van der Waals surface area (Å²) in [5, 5.41) is 0. The molecule has 1 heterocycles. The smallest absolute Gasteiger partial charge is 0.0576 e. The number of hydrogen-bond donors (Lipinski definition) is 0. The van der Waals surface area contributed by atoms with Gasteiger partial charge >= 0.3 is 0 Å². The van der Waals surface area contributed by atoms with Crippen molar-refractivity contribution in [1.82, 2.24) is 4.98 Å². The van der Waals surface area contributed by atoms with Gasteiger partial charge in [-0.25, -0.2) is 0 Å². The summed E-state index contributed by atoms with van der Waals surface area (Å²) >= 11 is 3.50. The lowest BCUT2D eigenvalue weighted by Crippen LogP contribution is -2.04. The van der Waals surface area contributed by atoms with Crippen LogP contribution in [-0.4, -0.2) is 19.2 Å². The van der Waals surface area contributed by atoms with Crippen molar-refractivity contribution in [2.45, 2.75) is 54.4 Å². The summed E-state index contributed by atoms with van der Waals surface area (Å²) in [4.78, 5) is 4.35. The first-order chi connectivity index (χ1) is 9.04. The Morgan fingerprint density at radius 2 is 1.47 bits per heavy atom. The van der Waals surface area contributed by atoms with E-state index >= 15 is 0 Å². The van der Waals surface area contributed by atoms with Gasteiger partial charge in [0.2, 0.25) is 0 Å². The van der Waals surface area contributed by atoms with Gasteiger partial charge in [-0.05, 0) is 34.0 Å². The number of pyridine rings is 1. The minimum atomic E-state index is 0.514. The van der Waals surface area contributed by atoms with E-state index in [0.29, 0.717) is 11.8 Å². The molecule has 1 unspecified atom stereocenters. The second-order valence-electron chi connectivity index (χ2n) is 3.81. The van der Waals surface area contributed by atoms with Crippen molar-refractivity contribution >= 4 is 15.9 Å². The molecule has 0 fully saturated rings. The Morgan fingerprint density at radius 3 is 1.79 bits per heavy atom. The highest BCUT2D eigenvalue weighted by Crippen LogP contribution is 2.27. The molecule has 0 spiro atoms. The third kappa shape index (κ3) is 12.4. The van der Waals surface area contributed by atoms with Crippen molar-refractivity contribution in [1.29, 1.82) is 0 Å². The standard InChI is InChI=1S/C10H14BrN.C2H6O.2C2H6/c1-7(2)8(3)10-9(11)5-4-6-12-10;1-3-2;2*1-2/h4-8H,1-3H3;1-2H3;2*1-2H3. The van der Waals surface area contributed by atoms with E-state index in [0.717, 1.165) is 10.2 Å². The Bertz CT molecular complexity index is 277. The minimum absolute atomic E-state index is 0.514. The summed E-state index contributed by atoms with van der Waals surface area (Å²) in [7, 11) is 3.25. The Hall–Kier alpha value is -0.410. The highest BCUT2D eigenvalue weighted by molar-refractivity contribution is 9.10. The van der Waals surface area contributed by atoms with Crippen molar-refractivity contribution in [2.75, 3.05) is 14.2 Å². The lowest BCUT2D eigenvalue weighted by Gasteiger charge is -2.15. The number of hydrogen-bond acceptors (Lipinski definition) is 2. The van der Waals surface area contributed by atoms with Gasteiger partial charge < -0.3 is 4.74 Å². The van der Waals surface area contributed by atoms with Crippen LogP contribution in [-0.2, 0) is 4.74 Å². The van der Waals surface area contributed by atoms with Crippen LogP contribution in [0.3, 0.4) is 0 Å². The summed E-state index contributed by atoms with van der Waals surface area (Å²) in [6, 6.07) is 3.99. The van der Waals surface area contributed by atoms with Gasteiger partial charge in [0, 0.05) is 30.8 Å². The van der Waals surface area contributed by atoms with Gasteiger partial charge in [0.05, 0.1) is 5.69 Å². The molecule has 19 heavy (non-hydrogen) atoms. The molecule has 0 radical (unpaired) electrons. The second-order valence-corrected chi connectivity index (χ2v) is 4.67. The number of halogens is 1. The maximum absolute atomic E-state index is 4.35. The number of nitrogens with zero attached hydrogens (tertiary/aromatic N) is 1. The topological polar surface area (TPSA) is 22.1 Å². The molecular formula is C16H32BrNO. The Labute approximate surface area is 129 Å². The minimum Gasteiger partial charge on any atom is -0.388 e. The van der Waals surface area contributed by atoms with Crippen LogP contribution >= 0.6 is 15.9 Å². The molecule has 0 aromatic carbocycles. The average molecular weight is 334 g/mol. The summed E-state index contributed by atoms with van der Waals surface area (Å²) in [6.45, 7) is 14.6. The number of methoxy groups -OCH3 is 1. The molecule has 1 atom stereocenters. The van der Waals surface area contributed by atoms with E-state index in [1.807, 2.05) is 46.0 Å². The van der Waals surface area contributed by atoms with Gasteiger partial charge in [0.15, 0.2) is 0 Å². The van der Waals surface area contributed by atoms with Crippen molar-refractivity contribution in [3.63, 3.8) is 0 Å². The lowest BCUT2D eigenvalue weighted by atomic mass is 9.94. The van der Waals surface area contributed by atoms with Crippen LogP contribution in [0.5, 0.6) is 0 Å². The highest BCUT2D eigenvalue weighted by Gasteiger charge is 2.13. The van der Waals surface area contributed by atoms with Gasteiger partial charge in [-0.3, -0.25) is 4.98 Å².